The Labute approximate surface area is 528 Å². The molecule has 2 aliphatic rings. The van der Waals surface area contributed by atoms with Gasteiger partial charge in [-0.2, -0.15) is 0 Å². The lowest BCUT2D eigenvalue weighted by atomic mass is 9.95. The van der Waals surface area contributed by atoms with E-state index in [-0.39, 0.29) is 60.0 Å². The number of carbonyl (C=O) groups excluding carboxylic acids is 5. The van der Waals surface area contributed by atoms with E-state index >= 15 is 0 Å². The van der Waals surface area contributed by atoms with Gasteiger partial charge in [0.15, 0.2) is 11.6 Å². The van der Waals surface area contributed by atoms with Gasteiger partial charge in [-0.1, -0.05) is 159 Å². The number of hydrogen-bond donors (Lipinski definition) is 2. The second-order valence-corrected chi connectivity index (χ2v) is 25.0. The first-order chi connectivity index (χ1) is 43.0. The van der Waals surface area contributed by atoms with Crippen LogP contribution in [0.1, 0.15) is 125 Å². The van der Waals surface area contributed by atoms with E-state index in [0.717, 1.165) is 86.9 Å². The lowest BCUT2D eigenvalue weighted by Crippen LogP contribution is -2.59. The van der Waals surface area contributed by atoms with E-state index in [1.807, 2.05) is 128 Å². The number of rotatable bonds is 28. The van der Waals surface area contributed by atoms with Crippen molar-refractivity contribution < 1.29 is 42.9 Å². The van der Waals surface area contributed by atoms with Crippen molar-refractivity contribution in [2.45, 2.75) is 129 Å². The molecule has 0 saturated carbocycles. The van der Waals surface area contributed by atoms with Crippen molar-refractivity contribution >= 4 is 41.0 Å². The van der Waals surface area contributed by atoms with Gasteiger partial charge in [0, 0.05) is 84.5 Å². The number of hydrogen-bond acceptors (Lipinski definition) is 15. The second-order valence-electron chi connectivity index (χ2n) is 23.9. The predicted molar refractivity (Wildman–Crippen MR) is 348 cm³/mol. The maximum absolute atomic E-state index is 13.6. The number of carbonyl (C=O) groups is 5. The summed E-state index contributed by atoms with van der Waals surface area (Å²) in [5, 5.41) is 2.98. The van der Waals surface area contributed by atoms with Gasteiger partial charge in [-0.25, -0.2) is 19.9 Å². The van der Waals surface area contributed by atoms with E-state index in [1.165, 1.54) is 76.9 Å². The summed E-state index contributed by atoms with van der Waals surface area (Å²) in [4.78, 5) is 86.2. The number of nitrogens with one attached hydrogen (secondary N) is 1. The quantitative estimate of drug-likeness (QED) is 0.0344. The zero-order chi connectivity index (χ0) is 63.3. The first kappa shape index (κ1) is 66.6. The van der Waals surface area contributed by atoms with Gasteiger partial charge >= 0.3 is 11.9 Å². The van der Waals surface area contributed by atoms with Crippen LogP contribution >= 0.6 is 11.3 Å². The summed E-state index contributed by atoms with van der Waals surface area (Å²) in [5.74, 6) is 1.07. The maximum Gasteiger partial charge on any atom is 0.312 e. The van der Waals surface area contributed by atoms with E-state index in [4.69, 9.17) is 24.7 Å². The van der Waals surface area contributed by atoms with E-state index in [9.17, 15) is 24.0 Å². The molecular weight excluding hydrogens is 1140 g/mol. The summed E-state index contributed by atoms with van der Waals surface area (Å²) in [6.07, 6.45) is 20.1. The van der Waals surface area contributed by atoms with Crippen LogP contribution < -0.4 is 20.5 Å². The van der Waals surface area contributed by atoms with Crippen LogP contribution in [0.2, 0.25) is 0 Å². The summed E-state index contributed by atoms with van der Waals surface area (Å²) < 4.78 is 21.3. The molecule has 17 nitrogen and oxygen atoms in total. The summed E-state index contributed by atoms with van der Waals surface area (Å²) in [6, 6.07) is 33.8. The molecule has 2 saturated heterocycles. The molecule has 2 fully saturated rings. The molecule has 0 unspecified atom stereocenters. The molecule has 3 amide bonds. The van der Waals surface area contributed by atoms with Gasteiger partial charge in [0.1, 0.15) is 17.5 Å². The molecule has 2 aliphatic heterocycles. The normalized spacial score (nSPS) is 13.8. The van der Waals surface area contributed by atoms with Crippen molar-refractivity contribution in [3.8, 4) is 56.5 Å². The number of aromatic nitrogens is 4. The largest absolute Gasteiger partial charge is 0.494 e. The first-order valence-corrected chi connectivity index (χ1v) is 32.0. The number of methoxy groups -OCH3 is 2. The Bertz CT molecular complexity index is 3380. The molecule has 3 N–H and O–H groups in total. The molecule has 0 spiro atoms. The minimum Gasteiger partial charge on any atom is -0.494 e. The van der Waals surface area contributed by atoms with Crippen molar-refractivity contribution in [3.05, 3.63) is 155 Å². The van der Waals surface area contributed by atoms with Crippen LogP contribution in [-0.2, 0) is 46.9 Å². The average molecular weight is 1230 g/mol. The standard InChI is InChI=1S/C40H48N4O5S.C31H38N4O4/c1-6-7-8-9-10-21-49-32-17-15-28(16-18-32)30-23-41-36(42-24-30)29-13-11-27(12-14-29)22-33(38(46)44-25-31(26-44)39(47)48-5)43-37(45)34-19-20-35(50-34)40(2,3)4;1-3-4-5-6-7-16-39-27-14-12-23(13-15-27)25-18-33-29(34-19-25)24-10-8-22(9-11-24)17-28(32)30(36)35-20-26(21-35)31(37)38-2/h11-20,23-24,31,33H,6-10,21-22,25-26H2,1-5H3,(H,43,45);8-15,18-19,26,28H,3-7,16-17,20-21,32H2,1-2H3/t33-;28-/m00/s1. The number of likely N-dealkylation sites (tertiary alicyclic amines) is 2. The first-order valence-electron chi connectivity index (χ1n) is 31.2. The Morgan fingerprint density at radius 2 is 0.933 bits per heavy atom. The third-order valence-corrected chi connectivity index (χ3v) is 17.5. The van der Waals surface area contributed by atoms with Crippen molar-refractivity contribution in [2.24, 2.45) is 17.6 Å². The van der Waals surface area contributed by atoms with E-state index in [2.05, 4.69) is 59.9 Å². The number of unbranched alkanes of at least 4 members (excludes halogenated alkanes) is 8. The Balaban J connectivity index is 0.000000237. The average Bonchev–Trinajstić information content (AvgIpc) is 1.87. The molecule has 0 aliphatic carbocycles. The number of ether oxygens (including phenoxy) is 4. The summed E-state index contributed by atoms with van der Waals surface area (Å²) in [7, 11) is 2.70. The maximum atomic E-state index is 13.6. The fourth-order valence-electron chi connectivity index (χ4n) is 10.4. The number of nitrogens with zero attached hydrogens (tertiary/aromatic N) is 6. The topological polar surface area (TPSA) is 218 Å². The van der Waals surface area contributed by atoms with Crippen molar-refractivity contribution in [1.29, 1.82) is 0 Å². The highest BCUT2D eigenvalue weighted by Crippen LogP contribution is 2.31. The van der Waals surface area contributed by atoms with Crippen LogP contribution in [0.3, 0.4) is 0 Å². The van der Waals surface area contributed by atoms with Crippen LogP contribution in [0.4, 0.5) is 0 Å². The lowest BCUT2D eigenvalue weighted by molar-refractivity contribution is -0.157. The zero-order valence-electron chi connectivity index (χ0n) is 52.6. The number of amides is 3. The summed E-state index contributed by atoms with van der Waals surface area (Å²) >= 11 is 1.43. The Morgan fingerprint density at radius 1 is 0.528 bits per heavy atom. The molecule has 9 rings (SSSR count). The van der Waals surface area contributed by atoms with E-state index in [0.29, 0.717) is 42.5 Å². The molecule has 89 heavy (non-hydrogen) atoms. The zero-order valence-corrected chi connectivity index (χ0v) is 53.4. The molecular formula is C71H86N8O9S. The van der Waals surface area contributed by atoms with Gasteiger partial charge in [-0.3, -0.25) is 24.0 Å². The van der Waals surface area contributed by atoms with Gasteiger partial charge in [0.25, 0.3) is 5.91 Å². The summed E-state index contributed by atoms with van der Waals surface area (Å²) in [5.41, 5.74) is 13.5. The minimum absolute atomic E-state index is 0.0849. The predicted octanol–water partition coefficient (Wildman–Crippen LogP) is 12.2. The van der Waals surface area contributed by atoms with Gasteiger partial charge in [0.2, 0.25) is 11.8 Å². The van der Waals surface area contributed by atoms with Crippen LogP contribution in [-0.4, -0.2) is 125 Å². The molecule has 5 heterocycles. The number of thiophene rings is 1. The van der Waals surface area contributed by atoms with Crippen molar-refractivity contribution in [3.63, 3.8) is 0 Å². The molecule has 0 radical (unpaired) electrons. The number of nitrogens with two attached hydrogens (primary N) is 1. The Kier molecular flexibility index (Phi) is 24.5. The smallest absolute Gasteiger partial charge is 0.312 e. The third-order valence-electron chi connectivity index (χ3n) is 16.0. The van der Waals surface area contributed by atoms with E-state index in [1.54, 1.807) is 15.9 Å². The van der Waals surface area contributed by atoms with Gasteiger partial charge < -0.3 is 39.8 Å². The monoisotopic (exact) mass is 1230 g/mol. The molecule has 4 aromatic carbocycles. The summed E-state index contributed by atoms with van der Waals surface area (Å²) in [6.45, 7) is 13.5. The molecule has 470 valence electrons. The second kappa shape index (κ2) is 32.8. The fourth-order valence-corrected chi connectivity index (χ4v) is 11.4. The number of esters is 2. The highest BCUT2D eigenvalue weighted by atomic mass is 32.1. The molecule has 18 heteroatoms. The molecule has 3 aromatic heterocycles. The van der Waals surface area contributed by atoms with Gasteiger partial charge in [-0.15, -0.1) is 11.3 Å². The van der Waals surface area contributed by atoms with Gasteiger partial charge in [-0.05, 0) is 83.3 Å². The number of benzene rings is 4. The highest BCUT2D eigenvalue weighted by Gasteiger charge is 2.40. The molecule has 7 aromatic rings. The molecule has 0 bridgehead atoms. The Morgan fingerprint density at radius 3 is 1.34 bits per heavy atom. The van der Waals surface area contributed by atoms with Crippen LogP contribution in [0.25, 0.3) is 45.0 Å². The van der Waals surface area contributed by atoms with E-state index < -0.39 is 12.1 Å². The van der Waals surface area contributed by atoms with Crippen LogP contribution in [0.5, 0.6) is 11.5 Å². The minimum atomic E-state index is -0.801. The van der Waals surface area contributed by atoms with Gasteiger partial charge in [0.05, 0.1) is 50.2 Å². The highest BCUT2D eigenvalue weighted by molar-refractivity contribution is 7.14. The lowest BCUT2D eigenvalue weighted by Gasteiger charge is -2.39. The molecule has 2 atom stereocenters. The third kappa shape index (κ3) is 19.1. The van der Waals surface area contributed by atoms with Crippen LogP contribution in [0.15, 0.2) is 134 Å². The SMILES string of the molecule is CCCCCCCOc1ccc(-c2cnc(-c3ccc(C[C@H](N)C(=O)N4CC(C(=O)OC)C4)cc3)nc2)cc1.CCCCCCCOc1ccc(-c2cnc(-c3ccc(C[C@H](NC(=O)c4ccc(C(C)(C)C)s4)C(=O)N4CC(C(=O)OC)C4)cc3)nc2)cc1. The van der Waals surface area contributed by atoms with Crippen molar-refractivity contribution in [2.75, 3.05) is 53.6 Å². The van der Waals surface area contributed by atoms with Crippen LogP contribution in [0, 0.1) is 11.8 Å². The van der Waals surface area contributed by atoms with Crippen molar-refractivity contribution in [1.82, 2.24) is 35.1 Å². The Hall–Kier alpha value is -8.35. The fraction of sp³-hybridized carbons (Fsp3) is 0.423.